The summed E-state index contributed by atoms with van der Waals surface area (Å²) in [5.74, 6) is 0.419. The summed E-state index contributed by atoms with van der Waals surface area (Å²) in [5.41, 5.74) is -0.738. The molecule has 1 rings (SSSR count). The van der Waals surface area contributed by atoms with Gasteiger partial charge in [0.25, 0.3) is 0 Å². The maximum Gasteiger partial charge on any atom is 0.416 e. The lowest BCUT2D eigenvalue weighted by Crippen LogP contribution is -2.27. The molecule has 4 nitrogen and oxygen atoms in total. The number of nitrogens with one attached hydrogen (secondary N) is 1. The number of nitrogens with zero attached hydrogens (tertiary/aromatic N) is 2. The highest BCUT2D eigenvalue weighted by Gasteiger charge is 2.32. The minimum Gasteiger partial charge on any atom is -0.395 e. The molecule has 2 N–H and O–H groups in total. The Kier molecular flexibility index (Phi) is 6.06. The van der Waals surface area contributed by atoms with Crippen molar-refractivity contribution in [3.63, 3.8) is 0 Å². The van der Waals surface area contributed by atoms with E-state index in [4.69, 9.17) is 5.11 Å². The SMILES string of the molecule is CCCNc1cc(C(F)(F)F)cc(N(CC)CCO)n1. The zero-order valence-electron chi connectivity index (χ0n) is 11.7. The first-order valence-corrected chi connectivity index (χ1v) is 6.61. The minimum atomic E-state index is -4.42. The van der Waals surface area contributed by atoms with E-state index in [-0.39, 0.29) is 24.8 Å². The van der Waals surface area contributed by atoms with E-state index < -0.39 is 11.7 Å². The van der Waals surface area contributed by atoms with E-state index in [0.717, 1.165) is 18.6 Å². The molecule has 0 amide bonds. The quantitative estimate of drug-likeness (QED) is 0.811. The summed E-state index contributed by atoms with van der Waals surface area (Å²) in [6, 6.07) is 2.02. The predicted molar refractivity (Wildman–Crippen MR) is 73.0 cm³/mol. The fourth-order valence-electron chi connectivity index (χ4n) is 1.74. The van der Waals surface area contributed by atoms with E-state index in [1.54, 1.807) is 11.8 Å². The van der Waals surface area contributed by atoms with Gasteiger partial charge in [-0.25, -0.2) is 4.98 Å². The lowest BCUT2D eigenvalue weighted by atomic mass is 10.2. The van der Waals surface area contributed by atoms with Crippen LogP contribution in [-0.4, -0.2) is 36.3 Å². The summed E-state index contributed by atoms with van der Waals surface area (Å²) in [6.45, 7) is 4.87. The maximum absolute atomic E-state index is 12.9. The molecular formula is C13H20F3N3O. The smallest absolute Gasteiger partial charge is 0.395 e. The number of hydrogen-bond donors (Lipinski definition) is 2. The summed E-state index contributed by atoms with van der Waals surface area (Å²) < 4.78 is 38.7. The number of rotatable bonds is 7. The zero-order valence-corrected chi connectivity index (χ0v) is 11.7. The van der Waals surface area contributed by atoms with Gasteiger partial charge in [-0.1, -0.05) is 6.92 Å². The van der Waals surface area contributed by atoms with Crippen LogP contribution in [-0.2, 0) is 6.18 Å². The topological polar surface area (TPSA) is 48.4 Å². The largest absolute Gasteiger partial charge is 0.416 e. The molecule has 0 radical (unpaired) electrons. The molecule has 0 atom stereocenters. The Bertz CT molecular complexity index is 424. The monoisotopic (exact) mass is 291 g/mol. The van der Waals surface area contributed by atoms with E-state index in [9.17, 15) is 13.2 Å². The molecule has 0 aliphatic heterocycles. The van der Waals surface area contributed by atoms with Crippen LogP contribution in [0.15, 0.2) is 12.1 Å². The number of anilines is 2. The number of halogens is 3. The second-order valence-electron chi connectivity index (χ2n) is 4.33. The number of aromatic nitrogens is 1. The van der Waals surface area contributed by atoms with Crippen LogP contribution in [0, 0.1) is 0 Å². The molecule has 114 valence electrons. The van der Waals surface area contributed by atoms with Crippen LogP contribution in [0.3, 0.4) is 0 Å². The van der Waals surface area contributed by atoms with Gasteiger partial charge in [0.1, 0.15) is 11.6 Å². The molecule has 1 aromatic heterocycles. The summed E-state index contributed by atoms with van der Waals surface area (Å²) >= 11 is 0. The summed E-state index contributed by atoms with van der Waals surface area (Å²) in [5, 5.41) is 11.8. The Morgan fingerprint density at radius 1 is 1.30 bits per heavy atom. The van der Waals surface area contributed by atoms with Gasteiger partial charge in [0.15, 0.2) is 0 Å². The maximum atomic E-state index is 12.9. The number of aliphatic hydroxyl groups excluding tert-OH is 1. The molecule has 0 saturated carbocycles. The van der Waals surface area contributed by atoms with Crippen molar-refractivity contribution in [2.24, 2.45) is 0 Å². The molecule has 0 aliphatic carbocycles. The van der Waals surface area contributed by atoms with Crippen molar-refractivity contribution in [2.75, 3.05) is 36.5 Å². The van der Waals surface area contributed by atoms with Crippen molar-refractivity contribution >= 4 is 11.6 Å². The summed E-state index contributed by atoms with van der Waals surface area (Å²) in [6.07, 6.45) is -3.62. The van der Waals surface area contributed by atoms with Crippen molar-refractivity contribution in [2.45, 2.75) is 26.4 Å². The van der Waals surface area contributed by atoms with Crippen LogP contribution >= 0.6 is 0 Å². The highest BCUT2D eigenvalue weighted by atomic mass is 19.4. The molecule has 0 saturated heterocycles. The first kappa shape index (κ1) is 16.6. The van der Waals surface area contributed by atoms with Crippen molar-refractivity contribution in [1.82, 2.24) is 4.98 Å². The number of pyridine rings is 1. The Morgan fingerprint density at radius 3 is 2.50 bits per heavy atom. The van der Waals surface area contributed by atoms with Gasteiger partial charge in [-0.2, -0.15) is 13.2 Å². The minimum absolute atomic E-state index is 0.135. The Balaban J connectivity index is 3.14. The molecule has 1 aromatic rings. The van der Waals surface area contributed by atoms with Gasteiger partial charge in [0, 0.05) is 19.6 Å². The molecule has 0 fully saturated rings. The standard InChI is InChI=1S/C13H20F3N3O/c1-3-5-17-11-8-10(13(14,15)16)9-12(18-11)19(4-2)6-7-20/h8-9,20H,3-7H2,1-2H3,(H,17,18). The van der Waals surface area contributed by atoms with Crippen molar-refractivity contribution in [3.8, 4) is 0 Å². The van der Waals surface area contributed by atoms with Crippen molar-refractivity contribution < 1.29 is 18.3 Å². The molecule has 20 heavy (non-hydrogen) atoms. The number of aliphatic hydroxyl groups is 1. The van der Waals surface area contributed by atoms with Gasteiger partial charge in [0.2, 0.25) is 0 Å². The van der Waals surface area contributed by atoms with Crippen molar-refractivity contribution in [3.05, 3.63) is 17.7 Å². The van der Waals surface area contributed by atoms with Gasteiger partial charge in [-0.15, -0.1) is 0 Å². The van der Waals surface area contributed by atoms with E-state index in [0.29, 0.717) is 13.1 Å². The van der Waals surface area contributed by atoms with Crippen LogP contribution in [0.5, 0.6) is 0 Å². The fourth-order valence-corrected chi connectivity index (χ4v) is 1.74. The Labute approximate surface area is 116 Å². The first-order chi connectivity index (χ1) is 9.42. The third kappa shape index (κ3) is 4.56. The second-order valence-corrected chi connectivity index (χ2v) is 4.33. The van der Waals surface area contributed by atoms with E-state index >= 15 is 0 Å². The average Bonchev–Trinajstić information content (AvgIpc) is 2.41. The van der Waals surface area contributed by atoms with Gasteiger partial charge in [-0.05, 0) is 25.5 Å². The number of alkyl halides is 3. The molecular weight excluding hydrogens is 271 g/mol. The highest BCUT2D eigenvalue weighted by molar-refractivity contribution is 5.51. The van der Waals surface area contributed by atoms with E-state index in [2.05, 4.69) is 10.3 Å². The highest BCUT2D eigenvalue weighted by Crippen LogP contribution is 2.32. The third-order valence-electron chi connectivity index (χ3n) is 2.77. The van der Waals surface area contributed by atoms with E-state index in [1.165, 1.54) is 0 Å². The fraction of sp³-hybridized carbons (Fsp3) is 0.615. The van der Waals surface area contributed by atoms with Gasteiger partial charge >= 0.3 is 6.18 Å². The van der Waals surface area contributed by atoms with Crippen LogP contribution in [0.25, 0.3) is 0 Å². The molecule has 0 aromatic carbocycles. The van der Waals surface area contributed by atoms with Crippen LogP contribution in [0.4, 0.5) is 24.8 Å². The first-order valence-electron chi connectivity index (χ1n) is 6.61. The predicted octanol–water partition coefficient (Wildman–Crippen LogP) is 2.74. The van der Waals surface area contributed by atoms with E-state index in [1.807, 2.05) is 6.92 Å². The Hall–Kier alpha value is -1.50. The molecule has 7 heteroatoms. The number of likely N-dealkylation sites (N-methyl/N-ethyl adjacent to an activating group) is 1. The molecule has 1 heterocycles. The zero-order chi connectivity index (χ0) is 15.2. The third-order valence-corrected chi connectivity index (χ3v) is 2.77. The lowest BCUT2D eigenvalue weighted by Gasteiger charge is -2.23. The molecule has 0 aliphatic rings. The molecule has 0 bridgehead atoms. The normalized spacial score (nSPS) is 11.5. The van der Waals surface area contributed by atoms with Crippen LogP contribution < -0.4 is 10.2 Å². The summed E-state index contributed by atoms with van der Waals surface area (Å²) in [7, 11) is 0. The molecule has 0 unspecified atom stereocenters. The van der Waals surface area contributed by atoms with Crippen LogP contribution in [0.1, 0.15) is 25.8 Å². The molecule has 0 spiro atoms. The van der Waals surface area contributed by atoms with Crippen LogP contribution in [0.2, 0.25) is 0 Å². The van der Waals surface area contributed by atoms with Crippen molar-refractivity contribution in [1.29, 1.82) is 0 Å². The number of hydrogen-bond acceptors (Lipinski definition) is 4. The van der Waals surface area contributed by atoms with Gasteiger partial charge in [-0.3, -0.25) is 0 Å². The second kappa shape index (κ2) is 7.33. The average molecular weight is 291 g/mol. The van der Waals surface area contributed by atoms with Gasteiger partial charge < -0.3 is 15.3 Å². The lowest BCUT2D eigenvalue weighted by molar-refractivity contribution is -0.137. The summed E-state index contributed by atoms with van der Waals surface area (Å²) in [4.78, 5) is 5.78. The Morgan fingerprint density at radius 2 is 2.00 bits per heavy atom. The van der Waals surface area contributed by atoms with Gasteiger partial charge in [0.05, 0.1) is 12.2 Å².